The van der Waals surface area contributed by atoms with Gasteiger partial charge < -0.3 is 14.2 Å². The molecule has 7 heteroatoms. The van der Waals surface area contributed by atoms with Crippen LogP contribution in [0.2, 0.25) is 20.5 Å². The van der Waals surface area contributed by atoms with Crippen LogP contribution < -0.4 is 4.72 Å². The van der Waals surface area contributed by atoms with Gasteiger partial charge in [0.25, 0.3) is 6.98 Å². The average molecular weight is 346 g/mol. The summed E-state index contributed by atoms with van der Waals surface area (Å²) in [7, 11) is 4.39. The topological polar surface area (TPSA) is 22.6 Å². The van der Waals surface area contributed by atoms with Crippen molar-refractivity contribution < 1.29 is 0 Å². The van der Waals surface area contributed by atoms with E-state index in [1.54, 1.807) is 0 Å². The van der Waals surface area contributed by atoms with Crippen LogP contribution in [0.1, 0.15) is 25.3 Å². The number of aromatic nitrogens is 1. The molecule has 1 aliphatic rings. The summed E-state index contributed by atoms with van der Waals surface area (Å²) in [5.74, 6) is 0.475. The lowest BCUT2D eigenvalue weighted by molar-refractivity contribution is 0.648. The molecule has 0 radical (unpaired) electrons. The lowest BCUT2D eigenvalue weighted by Gasteiger charge is -2.50. The smallest absolute Gasteiger partial charge is 0.317 e. The number of anilines is 1. The Kier molecular flexibility index (Phi) is 5.49. The normalized spacial score (nSPS) is 16.8. The minimum atomic E-state index is 0.326. The Hall–Kier alpha value is -1.72. The van der Waals surface area contributed by atoms with Crippen LogP contribution in [0.5, 0.6) is 0 Å². The van der Waals surface area contributed by atoms with E-state index >= 15 is 0 Å². The van der Waals surface area contributed by atoms with Crippen molar-refractivity contribution in [1.82, 2.24) is 14.4 Å². The molecule has 2 aromatic rings. The first-order valence-corrected chi connectivity index (χ1v) is 9.60. The molecular weight excluding hydrogens is 317 g/mol. The largest absolute Gasteiger partial charge is 0.435 e. The lowest BCUT2D eigenvalue weighted by atomic mass is 9.45. The lowest BCUT2D eigenvalue weighted by Crippen LogP contribution is -2.73. The van der Waals surface area contributed by atoms with E-state index in [4.69, 9.17) is 4.98 Å². The van der Waals surface area contributed by atoms with Crippen molar-refractivity contribution in [2.75, 3.05) is 18.8 Å². The zero-order valence-corrected chi connectivity index (χ0v) is 17.1. The second-order valence-corrected chi connectivity index (χ2v) is 7.78. The molecule has 134 valence electrons. The number of pyridine rings is 1. The van der Waals surface area contributed by atoms with Gasteiger partial charge in [0.05, 0.1) is 5.69 Å². The minimum absolute atomic E-state index is 0.326. The number of benzene rings is 1. The van der Waals surface area contributed by atoms with E-state index in [2.05, 4.69) is 99.0 Å². The number of hydrogen-bond donors (Lipinski definition) is 0. The van der Waals surface area contributed by atoms with Gasteiger partial charge in [0.2, 0.25) is 0 Å². The summed E-state index contributed by atoms with van der Waals surface area (Å²) < 4.78 is 7.29. The molecule has 1 aliphatic heterocycles. The SMILES string of the molecule is CB1N(C)B(C)N(c2ccnc(-c3ccccc3C(C)C)c2)B(C)N1C. The van der Waals surface area contributed by atoms with E-state index in [1.165, 1.54) is 16.8 Å². The standard InChI is InChI=1S/C19H29B3N4/c1-15(2)17-10-8-9-11-18(17)19-14-16(12-13-23-19)26-21(4)24(6)20(3)25(7)22(26)5/h8-15H,1-7H3. The molecule has 0 saturated carbocycles. The molecule has 1 aromatic carbocycles. The summed E-state index contributed by atoms with van der Waals surface area (Å²) in [6.45, 7) is 12.4. The van der Waals surface area contributed by atoms with E-state index in [0.29, 0.717) is 26.9 Å². The Labute approximate surface area is 160 Å². The number of rotatable bonds is 3. The number of hydrogen-bond acceptors (Lipinski definition) is 4. The van der Waals surface area contributed by atoms with Crippen molar-refractivity contribution in [2.24, 2.45) is 0 Å². The summed E-state index contributed by atoms with van der Waals surface area (Å²) in [5, 5.41) is 0. The van der Waals surface area contributed by atoms with E-state index < -0.39 is 0 Å². The maximum atomic E-state index is 4.70. The summed E-state index contributed by atoms with van der Waals surface area (Å²) in [6, 6.07) is 13.0. The predicted octanol–water partition coefficient (Wildman–Crippen LogP) is 3.91. The summed E-state index contributed by atoms with van der Waals surface area (Å²) >= 11 is 0. The van der Waals surface area contributed by atoms with Crippen LogP contribution in [0.4, 0.5) is 5.69 Å². The van der Waals surface area contributed by atoms with Gasteiger partial charge >= 0.3 is 14.0 Å². The fourth-order valence-corrected chi connectivity index (χ4v) is 4.01. The Morgan fingerprint density at radius 2 is 1.50 bits per heavy atom. The van der Waals surface area contributed by atoms with Gasteiger partial charge in [0.1, 0.15) is 0 Å². The van der Waals surface area contributed by atoms with Gasteiger partial charge in [0, 0.05) is 17.4 Å². The molecule has 1 aromatic heterocycles. The van der Waals surface area contributed by atoms with Crippen molar-refractivity contribution in [3.05, 3.63) is 48.2 Å². The van der Waals surface area contributed by atoms with Gasteiger partial charge in [0.15, 0.2) is 0 Å². The van der Waals surface area contributed by atoms with Crippen molar-refractivity contribution in [1.29, 1.82) is 0 Å². The first kappa shape index (κ1) is 19.1. The van der Waals surface area contributed by atoms with Gasteiger partial charge in [-0.25, -0.2) is 0 Å². The average Bonchev–Trinajstić information content (AvgIpc) is 2.65. The Morgan fingerprint density at radius 3 is 2.12 bits per heavy atom. The minimum Gasteiger partial charge on any atom is -0.435 e. The molecule has 2 heterocycles. The predicted molar refractivity (Wildman–Crippen MR) is 117 cm³/mol. The monoisotopic (exact) mass is 346 g/mol. The summed E-state index contributed by atoms with van der Waals surface area (Å²) in [5.41, 5.74) is 4.85. The molecule has 4 nitrogen and oxygen atoms in total. The van der Waals surface area contributed by atoms with Gasteiger partial charge in [-0.05, 0) is 37.7 Å². The third-order valence-corrected chi connectivity index (χ3v) is 6.06. The zero-order chi connectivity index (χ0) is 19.0. The molecule has 0 atom stereocenters. The van der Waals surface area contributed by atoms with Crippen LogP contribution >= 0.6 is 0 Å². The fourth-order valence-electron chi connectivity index (χ4n) is 4.01. The van der Waals surface area contributed by atoms with Crippen molar-refractivity contribution in [2.45, 2.75) is 40.2 Å². The van der Waals surface area contributed by atoms with Crippen LogP contribution in [0, 0.1) is 0 Å². The molecule has 1 saturated heterocycles. The molecule has 0 spiro atoms. The molecular formula is C19H29B3N4. The summed E-state index contributed by atoms with van der Waals surface area (Å²) in [6.07, 6.45) is 1.94. The fraction of sp³-hybridized carbons (Fsp3) is 0.421. The zero-order valence-electron chi connectivity index (χ0n) is 17.1. The Balaban J connectivity index is 2.03. The molecule has 0 amide bonds. The van der Waals surface area contributed by atoms with Gasteiger partial charge in [-0.2, -0.15) is 0 Å². The maximum Gasteiger partial charge on any atom is 0.317 e. The molecule has 0 bridgehead atoms. The van der Waals surface area contributed by atoms with Crippen LogP contribution in [-0.4, -0.2) is 49.5 Å². The third kappa shape index (κ3) is 3.30. The van der Waals surface area contributed by atoms with Gasteiger partial charge in [-0.1, -0.05) is 58.6 Å². The maximum absolute atomic E-state index is 4.70. The highest BCUT2D eigenvalue weighted by atomic mass is 15.3. The van der Waals surface area contributed by atoms with E-state index in [1.807, 2.05) is 6.20 Å². The third-order valence-electron chi connectivity index (χ3n) is 6.06. The molecule has 3 rings (SSSR count). The highest BCUT2D eigenvalue weighted by molar-refractivity contribution is 6.92. The summed E-state index contributed by atoms with van der Waals surface area (Å²) in [4.78, 5) is 4.70. The highest BCUT2D eigenvalue weighted by Crippen LogP contribution is 2.31. The first-order valence-electron chi connectivity index (χ1n) is 9.60. The van der Waals surface area contributed by atoms with Gasteiger partial charge in [-0.3, -0.25) is 4.98 Å². The molecule has 0 aliphatic carbocycles. The van der Waals surface area contributed by atoms with E-state index in [-0.39, 0.29) is 0 Å². The van der Waals surface area contributed by atoms with E-state index in [9.17, 15) is 0 Å². The van der Waals surface area contributed by atoms with Crippen molar-refractivity contribution >= 4 is 26.6 Å². The first-order chi connectivity index (χ1) is 12.3. The van der Waals surface area contributed by atoms with Crippen LogP contribution in [0.25, 0.3) is 11.3 Å². The highest BCUT2D eigenvalue weighted by Gasteiger charge is 2.43. The van der Waals surface area contributed by atoms with Crippen LogP contribution in [-0.2, 0) is 0 Å². The van der Waals surface area contributed by atoms with E-state index in [0.717, 1.165) is 5.69 Å². The molecule has 1 fully saturated rings. The molecule has 0 N–H and O–H groups in total. The molecule has 0 unspecified atom stereocenters. The second kappa shape index (κ2) is 7.49. The quantitative estimate of drug-likeness (QED) is 0.786. The second-order valence-electron chi connectivity index (χ2n) is 7.78. The molecule has 26 heavy (non-hydrogen) atoms. The Bertz CT molecular complexity index is 754. The Morgan fingerprint density at radius 1 is 0.885 bits per heavy atom. The number of nitrogens with zero attached hydrogens (tertiary/aromatic N) is 4. The van der Waals surface area contributed by atoms with Crippen molar-refractivity contribution in [3.63, 3.8) is 0 Å². The van der Waals surface area contributed by atoms with Crippen LogP contribution in [0.15, 0.2) is 42.6 Å². The van der Waals surface area contributed by atoms with Crippen LogP contribution in [0.3, 0.4) is 0 Å². The van der Waals surface area contributed by atoms with Gasteiger partial charge in [-0.15, -0.1) is 0 Å². The van der Waals surface area contributed by atoms with Crippen molar-refractivity contribution in [3.8, 4) is 11.3 Å².